The largest absolute Gasteiger partial charge is 0.480 e. The van der Waals surface area contributed by atoms with E-state index in [0.29, 0.717) is 17.0 Å². The van der Waals surface area contributed by atoms with Crippen LogP contribution < -0.4 is 4.74 Å². The smallest absolute Gasteiger partial charge is 0.338 e. The molecule has 3 rings (SSSR count). The van der Waals surface area contributed by atoms with E-state index in [1.807, 2.05) is 30.3 Å². The quantitative estimate of drug-likeness (QED) is 0.695. The molecule has 2 aromatic carbocycles. The summed E-state index contributed by atoms with van der Waals surface area (Å²) in [7, 11) is 2.92. The van der Waals surface area contributed by atoms with Gasteiger partial charge in [0.25, 0.3) is 0 Å². The summed E-state index contributed by atoms with van der Waals surface area (Å²) in [4.78, 5) is 20.6. The Morgan fingerprint density at radius 3 is 2.64 bits per heavy atom. The van der Waals surface area contributed by atoms with Gasteiger partial charge in [0.15, 0.2) is 0 Å². The molecular formula is C17H14N2O3. The number of hydrogen-bond donors (Lipinski definition) is 0. The van der Waals surface area contributed by atoms with E-state index in [1.165, 1.54) is 7.11 Å². The molecule has 0 saturated carbocycles. The fourth-order valence-electron chi connectivity index (χ4n) is 2.28. The van der Waals surface area contributed by atoms with E-state index in [2.05, 4.69) is 9.97 Å². The van der Waals surface area contributed by atoms with Crippen LogP contribution in [0.1, 0.15) is 10.4 Å². The molecule has 0 N–H and O–H groups in total. The van der Waals surface area contributed by atoms with E-state index in [-0.39, 0.29) is 5.97 Å². The van der Waals surface area contributed by atoms with Crippen LogP contribution in [-0.4, -0.2) is 30.2 Å². The van der Waals surface area contributed by atoms with Crippen LogP contribution in [0.2, 0.25) is 0 Å². The number of aromatic nitrogens is 2. The molecule has 0 saturated heterocycles. The number of ether oxygens (including phenoxy) is 2. The normalized spacial score (nSPS) is 10.5. The van der Waals surface area contributed by atoms with Crippen LogP contribution in [0.4, 0.5) is 0 Å². The first kappa shape index (κ1) is 14.0. The zero-order valence-corrected chi connectivity index (χ0v) is 12.2. The van der Waals surface area contributed by atoms with Crippen LogP contribution in [0, 0.1) is 0 Å². The van der Waals surface area contributed by atoms with E-state index in [4.69, 9.17) is 9.47 Å². The third kappa shape index (κ3) is 2.48. The highest BCUT2D eigenvalue weighted by Crippen LogP contribution is 2.27. The standard InChI is InChI=1S/C17H14N2O3/c1-21-16-10-18-14-8-7-11(9-15(14)19-16)12-5-3-4-6-13(12)17(20)22-2/h3-10H,1-2H3. The number of methoxy groups -OCH3 is 2. The Morgan fingerprint density at radius 1 is 1.05 bits per heavy atom. The van der Waals surface area contributed by atoms with Crippen molar-refractivity contribution in [2.24, 2.45) is 0 Å². The molecule has 0 radical (unpaired) electrons. The Hall–Kier alpha value is -2.95. The van der Waals surface area contributed by atoms with E-state index >= 15 is 0 Å². The average molecular weight is 294 g/mol. The van der Waals surface area contributed by atoms with Crippen molar-refractivity contribution in [1.29, 1.82) is 0 Å². The Bertz CT molecular complexity index is 846. The number of esters is 1. The molecule has 0 aliphatic rings. The third-order valence-corrected chi connectivity index (χ3v) is 3.37. The lowest BCUT2D eigenvalue weighted by Crippen LogP contribution is -2.03. The summed E-state index contributed by atoms with van der Waals surface area (Å²) in [6.45, 7) is 0. The number of hydrogen-bond acceptors (Lipinski definition) is 5. The first-order chi connectivity index (χ1) is 10.7. The molecule has 1 aromatic heterocycles. The summed E-state index contributed by atoms with van der Waals surface area (Å²) in [5.41, 5.74) is 3.65. The van der Waals surface area contributed by atoms with Crippen LogP contribution in [-0.2, 0) is 4.74 Å². The fraction of sp³-hybridized carbons (Fsp3) is 0.118. The maximum absolute atomic E-state index is 11.9. The Labute approximate surface area is 127 Å². The van der Waals surface area contributed by atoms with Crippen molar-refractivity contribution in [1.82, 2.24) is 9.97 Å². The van der Waals surface area contributed by atoms with Gasteiger partial charge in [0.1, 0.15) is 0 Å². The van der Waals surface area contributed by atoms with Crippen LogP contribution >= 0.6 is 0 Å². The molecule has 5 nitrogen and oxygen atoms in total. The molecule has 0 atom stereocenters. The highest BCUT2D eigenvalue weighted by molar-refractivity contribution is 5.98. The Balaban J connectivity index is 2.16. The number of benzene rings is 2. The van der Waals surface area contributed by atoms with Gasteiger partial charge in [-0.15, -0.1) is 0 Å². The number of carbonyl (C=O) groups is 1. The second-order valence-corrected chi connectivity index (χ2v) is 4.65. The minimum Gasteiger partial charge on any atom is -0.480 e. The summed E-state index contributed by atoms with van der Waals surface area (Å²) in [5, 5.41) is 0. The maximum Gasteiger partial charge on any atom is 0.338 e. The number of rotatable bonds is 3. The molecule has 22 heavy (non-hydrogen) atoms. The number of nitrogens with zero attached hydrogens (tertiary/aromatic N) is 2. The molecular weight excluding hydrogens is 280 g/mol. The van der Waals surface area contributed by atoms with Gasteiger partial charge in [0.05, 0.1) is 37.0 Å². The summed E-state index contributed by atoms with van der Waals surface area (Å²) < 4.78 is 9.93. The first-order valence-corrected chi connectivity index (χ1v) is 6.71. The Morgan fingerprint density at radius 2 is 1.86 bits per heavy atom. The topological polar surface area (TPSA) is 61.3 Å². The van der Waals surface area contributed by atoms with Crippen LogP contribution in [0.5, 0.6) is 5.88 Å². The van der Waals surface area contributed by atoms with Gasteiger partial charge in [-0.3, -0.25) is 0 Å². The van der Waals surface area contributed by atoms with Gasteiger partial charge in [0.2, 0.25) is 5.88 Å². The van der Waals surface area contributed by atoms with Crippen LogP contribution in [0.3, 0.4) is 0 Å². The predicted molar refractivity (Wildman–Crippen MR) is 82.9 cm³/mol. The van der Waals surface area contributed by atoms with Crippen molar-refractivity contribution in [2.45, 2.75) is 0 Å². The van der Waals surface area contributed by atoms with E-state index < -0.39 is 0 Å². The van der Waals surface area contributed by atoms with Gasteiger partial charge in [-0.1, -0.05) is 24.3 Å². The zero-order chi connectivity index (χ0) is 15.5. The van der Waals surface area contributed by atoms with Gasteiger partial charge in [0, 0.05) is 0 Å². The van der Waals surface area contributed by atoms with Crippen molar-refractivity contribution >= 4 is 17.0 Å². The highest BCUT2D eigenvalue weighted by Gasteiger charge is 2.13. The van der Waals surface area contributed by atoms with E-state index in [9.17, 15) is 4.79 Å². The lowest BCUT2D eigenvalue weighted by Gasteiger charge is -2.09. The summed E-state index contributed by atoms with van der Waals surface area (Å²) in [6, 6.07) is 13.0. The number of carbonyl (C=O) groups excluding carboxylic acids is 1. The van der Waals surface area contributed by atoms with E-state index in [0.717, 1.165) is 16.6 Å². The summed E-state index contributed by atoms with van der Waals surface area (Å²) in [5.74, 6) is 0.0818. The first-order valence-electron chi connectivity index (χ1n) is 6.71. The highest BCUT2D eigenvalue weighted by atomic mass is 16.5. The zero-order valence-electron chi connectivity index (χ0n) is 12.2. The molecule has 0 aliphatic carbocycles. The third-order valence-electron chi connectivity index (χ3n) is 3.37. The van der Waals surface area contributed by atoms with Crippen molar-refractivity contribution < 1.29 is 14.3 Å². The van der Waals surface area contributed by atoms with Gasteiger partial charge in [-0.2, -0.15) is 0 Å². The average Bonchev–Trinajstić information content (AvgIpc) is 2.60. The molecule has 5 heteroatoms. The molecule has 3 aromatic rings. The summed E-state index contributed by atoms with van der Waals surface area (Å²) in [6.07, 6.45) is 1.57. The molecule has 0 spiro atoms. The maximum atomic E-state index is 11.9. The lowest BCUT2D eigenvalue weighted by molar-refractivity contribution is 0.0601. The van der Waals surface area contributed by atoms with E-state index in [1.54, 1.807) is 25.4 Å². The lowest BCUT2D eigenvalue weighted by atomic mass is 9.99. The molecule has 110 valence electrons. The van der Waals surface area contributed by atoms with Crippen molar-refractivity contribution in [3.05, 3.63) is 54.2 Å². The van der Waals surface area contributed by atoms with Crippen molar-refractivity contribution in [2.75, 3.05) is 14.2 Å². The molecule has 0 fully saturated rings. The van der Waals surface area contributed by atoms with Gasteiger partial charge < -0.3 is 9.47 Å². The Kier molecular flexibility index (Phi) is 3.70. The predicted octanol–water partition coefficient (Wildman–Crippen LogP) is 3.09. The second kappa shape index (κ2) is 5.81. The van der Waals surface area contributed by atoms with Crippen LogP contribution in [0.25, 0.3) is 22.2 Å². The van der Waals surface area contributed by atoms with Crippen molar-refractivity contribution in [3.8, 4) is 17.0 Å². The molecule has 0 unspecified atom stereocenters. The molecule has 0 aliphatic heterocycles. The van der Waals surface area contributed by atoms with Gasteiger partial charge in [-0.05, 0) is 29.3 Å². The molecule has 1 heterocycles. The molecule has 0 amide bonds. The second-order valence-electron chi connectivity index (χ2n) is 4.65. The fourth-order valence-corrected chi connectivity index (χ4v) is 2.28. The SMILES string of the molecule is COC(=O)c1ccccc1-c1ccc2ncc(OC)nc2c1. The van der Waals surface area contributed by atoms with Crippen LogP contribution in [0.15, 0.2) is 48.7 Å². The van der Waals surface area contributed by atoms with Crippen molar-refractivity contribution in [3.63, 3.8) is 0 Å². The summed E-state index contributed by atoms with van der Waals surface area (Å²) >= 11 is 0. The molecule has 0 bridgehead atoms. The minimum absolute atomic E-state index is 0.368. The minimum atomic E-state index is -0.368. The monoisotopic (exact) mass is 294 g/mol. The van der Waals surface area contributed by atoms with Gasteiger partial charge >= 0.3 is 5.97 Å². The number of fused-ring (bicyclic) bond motifs is 1. The van der Waals surface area contributed by atoms with Gasteiger partial charge in [-0.25, -0.2) is 14.8 Å².